The van der Waals surface area contributed by atoms with Gasteiger partial charge in [0, 0.05) is 6.04 Å². The van der Waals surface area contributed by atoms with Gasteiger partial charge in [0.2, 0.25) is 11.9 Å². The van der Waals surface area contributed by atoms with Gasteiger partial charge in [0.25, 0.3) is 0 Å². The van der Waals surface area contributed by atoms with Crippen LogP contribution in [0.15, 0.2) is 0 Å². The zero-order chi connectivity index (χ0) is 12.7. The predicted octanol–water partition coefficient (Wildman–Crippen LogP) is 1.31. The maximum atomic E-state index is 5.45. The van der Waals surface area contributed by atoms with E-state index in [-0.39, 0.29) is 0 Å². The van der Waals surface area contributed by atoms with Gasteiger partial charge in [0.05, 0.1) is 0 Å². The third-order valence-electron chi connectivity index (χ3n) is 2.88. The molecule has 4 N–H and O–H groups in total. The van der Waals surface area contributed by atoms with Crippen LogP contribution in [-0.2, 0) is 0 Å². The number of aromatic amines is 1. The lowest BCUT2D eigenvalue weighted by Gasteiger charge is -2.19. The maximum Gasteiger partial charge on any atom is 0.243 e. The smallest absolute Gasteiger partial charge is 0.243 e. The SMILES string of the molecule is CCN(CC)CCCC(C)Nc1n[nH]c(N)n1. The Morgan fingerprint density at radius 1 is 1.41 bits per heavy atom. The van der Waals surface area contributed by atoms with Crippen LogP contribution in [0, 0.1) is 0 Å². The number of nitrogens with zero attached hydrogens (tertiary/aromatic N) is 3. The first-order valence-corrected chi connectivity index (χ1v) is 6.32. The van der Waals surface area contributed by atoms with Crippen LogP contribution >= 0.6 is 0 Å². The average molecular weight is 240 g/mol. The second-order valence-corrected chi connectivity index (χ2v) is 4.26. The first kappa shape index (κ1) is 13.8. The van der Waals surface area contributed by atoms with Gasteiger partial charge in [0.15, 0.2) is 0 Å². The molecule has 0 amide bonds. The predicted molar refractivity (Wildman–Crippen MR) is 70.9 cm³/mol. The summed E-state index contributed by atoms with van der Waals surface area (Å²) in [5.41, 5.74) is 5.45. The Balaban J connectivity index is 2.19. The molecule has 0 saturated carbocycles. The van der Waals surface area contributed by atoms with Gasteiger partial charge < -0.3 is 16.0 Å². The fourth-order valence-corrected chi connectivity index (χ4v) is 1.79. The number of nitrogens with two attached hydrogens (primary N) is 1. The van der Waals surface area contributed by atoms with Crippen molar-refractivity contribution in [2.24, 2.45) is 0 Å². The van der Waals surface area contributed by atoms with Crippen LogP contribution in [0.4, 0.5) is 11.9 Å². The van der Waals surface area contributed by atoms with Crippen LogP contribution in [-0.4, -0.2) is 45.8 Å². The zero-order valence-electron chi connectivity index (χ0n) is 11.0. The zero-order valence-corrected chi connectivity index (χ0v) is 11.0. The molecular weight excluding hydrogens is 216 g/mol. The molecule has 1 atom stereocenters. The Bertz CT molecular complexity index is 307. The monoisotopic (exact) mass is 240 g/mol. The summed E-state index contributed by atoms with van der Waals surface area (Å²) < 4.78 is 0. The quantitative estimate of drug-likeness (QED) is 0.638. The van der Waals surface area contributed by atoms with Crippen molar-refractivity contribution in [1.82, 2.24) is 20.1 Å². The fourth-order valence-electron chi connectivity index (χ4n) is 1.79. The van der Waals surface area contributed by atoms with Gasteiger partial charge in [-0.15, -0.1) is 5.10 Å². The molecule has 6 heteroatoms. The second-order valence-electron chi connectivity index (χ2n) is 4.26. The molecule has 6 nitrogen and oxygen atoms in total. The van der Waals surface area contributed by atoms with Crippen LogP contribution < -0.4 is 11.1 Å². The molecule has 98 valence electrons. The highest BCUT2D eigenvalue weighted by molar-refractivity contribution is 5.30. The molecular formula is C11H24N6. The number of aromatic nitrogens is 3. The Kier molecular flexibility index (Phi) is 5.76. The topological polar surface area (TPSA) is 82.9 Å². The molecule has 1 unspecified atom stereocenters. The molecule has 0 aliphatic heterocycles. The van der Waals surface area contributed by atoms with Crippen molar-refractivity contribution < 1.29 is 0 Å². The van der Waals surface area contributed by atoms with Gasteiger partial charge in [-0.25, -0.2) is 5.10 Å². The summed E-state index contributed by atoms with van der Waals surface area (Å²) >= 11 is 0. The van der Waals surface area contributed by atoms with Crippen LogP contribution in [0.2, 0.25) is 0 Å². The largest absolute Gasteiger partial charge is 0.368 e. The van der Waals surface area contributed by atoms with E-state index in [9.17, 15) is 0 Å². The summed E-state index contributed by atoms with van der Waals surface area (Å²) in [4.78, 5) is 6.44. The molecule has 0 spiro atoms. The Morgan fingerprint density at radius 2 is 2.12 bits per heavy atom. The summed E-state index contributed by atoms with van der Waals surface area (Å²) in [6.45, 7) is 9.92. The third kappa shape index (κ3) is 5.04. The number of rotatable bonds is 8. The van der Waals surface area contributed by atoms with Gasteiger partial charge in [-0.05, 0) is 39.4 Å². The minimum atomic E-state index is 0.350. The minimum Gasteiger partial charge on any atom is -0.368 e. The highest BCUT2D eigenvalue weighted by atomic mass is 15.3. The van der Waals surface area contributed by atoms with E-state index < -0.39 is 0 Å². The molecule has 0 saturated heterocycles. The highest BCUT2D eigenvalue weighted by Gasteiger charge is 2.06. The maximum absolute atomic E-state index is 5.45. The first-order chi connectivity index (χ1) is 8.15. The minimum absolute atomic E-state index is 0.350. The molecule has 0 aliphatic carbocycles. The molecule has 0 aliphatic rings. The van der Waals surface area contributed by atoms with Gasteiger partial charge in [0.1, 0.15) is 0 Å². The molecule has 1 aromatic rings. The van der Waals surface area contributed by atoms with Gasteiger partial charge in [-0.3, -0.25) is 0 Å². The second kappa shape index (κ2) is 7.11. The van der Waals surface area contributed by atoms with Crippen molar-refractivity contribution in [3.63, 3.8) is 0 Å². The lowest BCUT2D eigenvalue weighted by Crippen LogP contribution is -2.25. The summed E-state index contributed by atoms with van der Waals surface area (Å²) in [6, 6.07) is 0.362. The number of nitrogens with one attached hydrogen (secondary N) is 2. The lowest BCUT2D eigenvalue weighted by atomic mass is 10.2. The first-order valence-electron chi connectivity index (χ1n) is 6.32. The number of hydrogen-bond donors (Lipinski definition) is 3. The van der Waals surface area contributed by atoms with Crippen molar-refractivity contribution >= 4 is 11.9 Å². The normalized spacial score (nSPS) is 12.9. The Labute approximate surface area is 103 Å². The fraction of sp³-hybridized carbons (Fsp3) is 0.818. The Morgan fingerprint density at radius 3 is 2.65 bits per heavy atom. The van der Waals surface area contributed by atoms with Crippen LogP contribution in [0.1, 0.15) is 33.6 Å². The van der Waals surface area contributed by atoms with E-state index in [2.05, 4.69) is 46.2 Å². The standard InChI is InChI=1S/C11H24N6/c1-4-17(5-2)8-6-7-9(3)13-11-14-10(12)15-16-11/h9H,4-8H2,1-3H3,(H4,12,13,14,15,16). The van der Waals surface area contributed by atoms with Gasteiger partial charge in [-0.2, -0.15) is 4.98 Å². The summed E-state index contributed by atoms with van der Waals surface area (Å²) in [5.74, 6) is 0.931. The molecule has 0 radical (unpaired) electrons. The number of anilines is 2. The average Bonchev–Trinajstić information content (AvgIpc) is 2.70. The van der Waals surface area contributed by atoms with Crippen LogP contribution in [0.25, 0.3) is 0 Å². The highest BCUT2D eigenvalue weighted by Crippen LogP contribution is 2.06. The molecule has 1 aromatic heterocycles. The van der Waals surface area contributed by atoms with Gasteiger partial charge >= 0.3 is 0 Å². The van der Waals surface area contributed by atoms with Crippen LogP contribution in [0.5, 0.6) is 0 Å². The van der Waals surface area contributed by atoms with Crippen molar-refractivity contribution in [2.75, 3.05) is 30.7 Å². The lowest BCUT2D eigenvalue weighted by molar-refractivity contribution is 0.295. The number of hydrogen-bond acceptors (Lipinski definition) is 5. The van der Waals surface area contributed by atoms with E-state index in [1.165, 1.54) is 6.42 Å². The van der Waals surface area contributed by atoms with E-state index >= 15 is 0 Å². The third-order valence-corrected chi connectivity index (χ3v) is 2.88. The number of H-pyrrole nitrogens is 1. The Hall–Kier alpha value is -1.30. The van der Waals surface area contributed by atoms with E-state index in [1.54, 1.807) is 0 Å². The van der Waals surface area contributed by atoms with E-state index in [1.807, 2.05) is 0 Å². The molecule has 0 bridgehead atoms. The number of nitrogen functional groups attached to an aromatic ring is 1. The summed E-state index contributed by atoms with van der Waals surface area (Å²) in [5, 5.41) is 9.78. The van der Waals surface area contributed by atoms with E-state index in [0.717, 1.165) is 26.1 Å². The van der Waals surface area contributed by atoms with Crippen molar-refractivity contribution in [3.05, 3.63) is 0 Å². The molecule has 0 fully saturated rings. The summed E-state index contributed by atoms with van der Waals surface area (Å²) in [6.07, 6.45) is 2.28. The molecule has 17 heavy (non-hydrogen) atoms. The molecule has 1 rings (SSSR count). The molecule has 0 aromatic carbocycles. The molecule has 1 heterocycles. The van der Waals surface area contributed by atoms with E-state index in [4.69, 9.17) is 5.73 Å². The van der Waals surface area contributed by atoms with Crippen molar-refractivity contribution in [1.29, 1.82) is 0 Å². The van der Waals surface area contributed by atoms with Crippen molar-refractivity contribution in [2.45, 2.75) is 39.7 Å². The summed E-state index contributed by atoms with van der Waals surface area (Å²) in [7, 11) is 0. The van der Waals surface area contributed by atoms with Gasteiger partial charge in [-0.1, -0.05) is 13.8 Å². The van der Waals surface area contributed by atoms with Crippen molar-refractivity contribution in [3.8, 4) is 0 Å². The van der Waals surface area contributed by atoms with Crippen LogP contribution in [0.3, 0.4) is 0 Å². The van der Waals surface area contributed by atoms with E-state index in [0.29, 0.717) is 17.9 Å².